The van der Waals surface area contributed by atoms with E-state index in [1.807, 2.05) is 0 Å². The Balaban J connectivity index is 2.79. The minimum atomic E-state index is -3.39. The van der Waals surface area contributed by atoms with Crippen molar-refractivity contribution in [3.63, 3.8) is 0 Å². The average Bonchev–Trinajstić information content (AvgIpc) is 2.47. The van der Waals surface area contributed by atoms with E-state index in [0.717, 1.165) is 0 Å². The van der Waals surface area contributed by atoms with Crippen molar-refractivity contribution in [3.8, 4) is 0 Å². The van der Waals surface area contributed by atoms with Gasteiger partial charge in [-0.2, -0.15) is 0 Å². The van der Waals surface area contributed by atoms with Gasteiger partial charge in [-0.05, 0) is 38.1 Å². The lowest BCUT2D eigenvalue weighted by Gasteiger charge is -2.12. The van der Waals surface area contributed by atoms with Crippen LogP contribution in [0.15, 0.2) is 29.2 Å². The number of ether oxygens (including phenoxy) is 1. The number of carbonyl (C=O) groups excluding carboxylic acids is 1. The fourth-order valence-corrected chi connectivity index (χ4v) is 2.69. The van der Waals surface area contributed by atoms with Crippen molar-refractivity contribution in [3.05, 3.63) is 29.8 Å². The Morgan fingerprint density at radius 3 is 2.18 bits per heavy atom. The highest BCUT2D eigenvalue weighted by Gasteiger charge is 2.20. The highest BCUT2D eigenvalue weighted by atomic mass is 32.2. The van der Waals surface area contributed by atoms with Gasteiger partial charge in [0.15, 0.2) is 15.9 Å². The van der Waals surface area contributed by atoms with Crippen LogP contribution in [0.3, 0.4) is 0 Å². The molecule has 0 saturated carbocycles. The minimum Gasteiger partial charge on any atom is -0.479 e. The number of aliphatic carboxylic acids is 1. The van der Waals surface area contributed by atoms with E-state index in [2.05, 4.69) is 5.32 Å². The Kier molecular flexibility index (Phi) is 6.07. The van der Waals surface area contributed by atoms with Gasteiger partial charge in [-0.3, -0.25) is 4.79 Å². The third kappa shape index (κ3) is 4.28. The maximum atomic E-state index is 12.0. The van der Waals surface area contributed by atoms with Crippen LogP contribution in [-0.2, 0) is 19.4 Å². The second-order valence-electron chi connectivity index (χ2n) is 4.89. The molecule has 0 fully saturated rings. The predicted octanol–water partition coefficient (Wildman–Crippen LogP) is 0.698. The van der Waals surface area contributed by atoms with E-state index in [-0.39, 0.29) is 17.0 Å². The molecule has 1 unspecified atom stereocenters. The van der Waals surface area contributed by atoms with Gasteiger partial charge >= 0.3 is 5.97 Å². The van der Waals surface area contributed by atoms with Gasteiger partial charge in [0.1, 0.15) is 0 Å². The summed E-state index contributed by atoms with van der Waals surface area (Å²) in [6, 6.07) is 5.48. The van der Waals surface area contributed by atoms with Crippen LogP contribution in [0.5, 0.6) is 0 Å². The zero-order chi connectivity index (χ0) is 16.9. The van der Waals surface area contributed by atoms with E-state index in [1.165, 1.54) is 31.4 Å². The summed E-state index contributed by atoms with van der Waals surface area (Å²) in [7, 11) is -2.16. The second-order valence-corrected chi connectivity index (χ2v) is 7.39. The van der Waals surface area contributed by atoms with Gasteiger partial charge in [0, 0.05) is 12.7 Å². The Hall–Kier alpha value is -1.93. The molecule has 0 heterocycles. The third-order valence-electron chi connectivity index (χ3n) is 3.07. The Morgan fingerprint density at radius 1 is 1.23 bits per heavy atom. The van der Waals surface area contributed by atoms with Crippen LogP contribution in [0.4, 0.5) is 0 Å². The maximum Gasteiger partial charge on any atom is 0.334 e. The van der Waals surface area contributed by atoms with E-state index in [4.69, 9.17) is 9.84 Å². The summed E-state index contributed by atoms with van der Waals surface area (Å²) in [5.41, 5.74) is 0.239. The summed E-state index contributed by atoms with van der Waals surface area (Å²) in [6.45, 7) is 2.97. The molecular weight excluding hydrogens is 310 g/mol. The molecule has 122 valence electrons. The van der Waals surface area contributed by atoms with Gasteiger partial charge in [-0.15, -0.1) is 0 Å². The van der Waals surface area contributed by atoms with Crippen molar-refractivity contribution in [2.45, 2.75) is 30.1 Å². The van der Waals surface area contributed by atoms with E-state index in [9.17, 15) is 18.0 Å². The highest BCUT2D eigenvalue weighted by molar-refractivity contribution is 7.92. The summed E-state index contributed by atoms with van der Waals surface area (Å²) in [5, 5.41) is 10.7. The fourth-order valence-electron chi connectivity index (χ4n) is 1.63. The van der Waals surface area contributed by atoms with Gasteiger partial charge in [-0.1, -0.05) is 0 Å². The number of benzene rings is 1. The number of nitrogens with one attached hydrogen (secondary N) is 1. The number of carboxylic acid groups (broad SMARTS) is 1. The molecule has 1 atom stereocenters. The molecular formula is C14H19NO6S. The number of carboxylic acids is 1. The van der Waals surface area contributed by atoms with Crippen LogP contribution >= 0.6 is 0 Å². The topological polar surface area (TPSA) is 110 Å². The lowest BCUT2D eigenvalue weighted by atomic mass is 10.2. The number of rotatable bonds is 7. The summed E-state index contributed by atoms with van der Waals surface area (Å²) in [5.74, 6) is -1.68. The number of sulfone groups is 1. The van der Waals surface area contributed by atoms with Gasteiger partial charge in [0.2, 0.25) is 0 Å². The molecule has 2 N–H and O–H groups in total. The Labute approximate surface area is 129 Å². The van der Waals surface area contributed by atoms with Crippen LogP contribution in [0.1, 0.15) is 24.2 Å². The standard InChI is InChI=1S/C14H19NO6S/c1-9(2)22(19,20)11-6-4-10(5-7-11)13(16)15-8-12(21-3)14(17)18/h4-7,9,12H,8H2,1-3H3,(H,15,16)(H,17,18). The zero-order valence-corrected chi connectivity index (χ0v) is 13.4. The lowest BCUT2D eigenvalue weighted by molar-refractivity contribution is -0.148. The molecule has 0 aromatic heterocycles. The average molecular weight is 329 g/mol. The quantitative estimate of drug-likeness (QED) is 0.762. The maximum absolute atomic E-state index is 12.0. The van der Waals surface area contributed by atoms with Crippen molar-refractivity contribution >= 4 is 21.7 Å². The van der Waals surface area contributed by atoms with Crippen LogP contribution in [-0.4, -0.2) is 50.4 Å². The van der Waals surface area contributed by atoms with Gasteiger partial charge in [-0.25, -0.2) is 13.2 Å². The number of methoxy groups -OCH3 is 1. The molecule has 1 aromatic carbocycles. The summed E-state index contributed by atoms with van der Waals surface area (Å²) in [6.07, 6.45) is -1.13. The first-order valence-corrected chi connectivity index (χ1v) is 8.12. The lowest BCUT2D eigenvalue weighted by Crippen LogP contribution is -2.37. The van der Waals surface area contributed by atoms with Gasteiger partial charge in [0.05, 0.1) is 16.7 Å². The highest BCUT2D eigenvalue weighted by Crippen LogP contribution is 2.16. The summed E-state index contributed by atoms with van der Waals surface area (Å²) >= 11 is 0. The number of hydrogen-bond donors (Lipinski definition) is 2. The molecule has 8 heteroatoms. The number of amides is 1. The smallest absolute Gasteiger partial charge is 0.334 e. The molecule has 0 bridgehead atoms. The van der Waals surface area contributed by atoms with Gasteiger partial charge < -0.3 is 15.2 Å². The zero-order valence-electron chi connectivity index (χ0n) is 12.6. The monoisotopic (exact) mass is 329 g/mol. The molecule has 1 amide bonds. The molecule has 0 aliphatic heterocycles. The van der Waals surface area contributed by atoms with Crippen molar-refractivity contribution < 1.29 is 27.9 Å². The first kappa shape index (κ1) is 18.1. The fraction of sp³-hybridized carbons (Fsp3) is 0.429. The molecule has 1 aromatic rings. The van der Waals surface area contributed by atoms with Crippen LogP contribution < -0.4 is 5.32 Å². The Morgan fingerprint density at radius 2 is 1.77 bits per heavy atom. The van der Waals surface area contributed by atoms with Crippen molar-refractivity contribution in [1.29, 1.82) is 0 Å². The van der Waals surface area contributed by atoms with Crippen LogP contribution in [0.2, 0.25) is 0 Å². The number of hydrogen-bond acceptors (Lipinski definition) is 5. The number of carbonyl (C=O) groups is 2. The van der Waals surface area contributed by atoms with Crippen molar-refractivity contribution in [1.82, 2.24) is 5.32 Å². The molecule has 0 aliphatic carbocycles. The molecule has 7 nitrogen and oxygen atoms in total. The van der Waals surface area contributed by atoms with E-state index >= 15 is 0 Å². The van der Waals surface area contributed by atoms with E-state index < -0.39 is 33.1 Å². The SMILES string of the molecule is COC(CNC(=O)c1ccc(S(=O)(=O)C(C)C)cc1)C(=O)O. The van der Waals surface area contributed by atoms with E-state index in [0.29, 0.717) is 0 Å². The van der Waals surface area contributed by atoms with Gasteiger partial charge in [0.25, 0.3) is 5.91 Å². The molecule has 0 saturated heterocycles. The molecule has 0 aliphatic rings. The molecule has 22 heavy (non-hydrogen) atoms. The predicted molar refractivity (Wildman–Crippen MR) is 79.5 cm³/mol. The largest absolute Gasteiger partial charge is 0.479 e. The molecule has 0 spiro atoms. The van der Waals surface area contributed by atoms with E-state index in [1.54, 1.807) is 13.8 Å². The Bertz CT molecular complexity index is 636. The second kappa shape index (κ2) is 7.37. The summed E-state index contributed by atoms with van der Waals surface area (Å²) in [4.78, 5) is 22.8. The van der Waals surface area contributed by atoms with Crippen molar-refractivity contribution in [2.24, 2.45) is 0 Å². The van der Waals surface area contributed by atoms with Crippen molar-refractivity contribution in [2.75, 3.05) is 13.7 Å². The molecule has 0 radical (unpaired) electrons. The summed E-state index contributed by atoms with van der Waals surface area (Å²) < 4.78 is 28.6. The first-order valence-electron chi connectivity index (χ1n) is 6.58. The normalized spacial score (nSPS) is 12.9. The first-order chi connectivity index (χ1) is 10.2. The molecule has 1 rings (SSSR count). The minimum absolute atomic E-state index is 0.138. The third-order valence-corrected chi connectivity index (χ3v) is 5.24. The van der Waals surface area contributed by atoms with Crippen LogP contribution in [0, 0.1) is 0 Å². The van der Waals surface area contributed by atoms with Crippen LogP contribution in [0.25, 0.3) is 0 Å².